The van der Waals surface area contributed by atoms with Crippen LogP contribution in [0.25, 0.3) is 0 Å². The summed E-state index contributed by atoms with van der Waals surface area (Å²) in [7, 11) is 0.354. The molecule has 90 valence electrons. The monoisotopic (exact) mass is 253 g/mol. The molecule has 1 heterocycles. The summed E-state index contributed by atoms with van der Waals surface area (Å²) in [5, 5.41) is 7.78. The number of rotatable bonds is 3. The molecule has 2 rings (SSSR count). The summed E-state index contributed by atoms with van der Waals surface area (Å²) >= 11 is 0. The molecular formula is C11H12FN3OS. The average Bonchev–Trinajstić information content (AvgIpc) is 2.61. The van der Waals surface area contributed by atoms with Gasteiger partial charge in [0.15, 0.2) is 0 Å². The van der Waals surface area contributed by atoms with Crippen molar-refractivity contribution in [1.29, 1.82) is 0 Å². The van der Waals surface area contributed by atoms with Gasteiger partial charge in [-0.3, -0.25) is 4.21 Å². The molecule has 0 N–H and O–H groups in total. The van der Waals surface area contributed by atoms with Crippen molar-refractivity contribution in [3.63, 3.8) is 0 Å². The van der Waals surface area contributed by atoms with E-state index in [0.717, 1.165) is 5.82 Å². The number of nitrogens with zero attached hydrogens (tertiary/aromatic N) is 3. The lowest BCUT2D eigenvalue weighted by Gasteiger charge is -2.03. The molecule has 0 fully saturated rings. The molecule has 0 bridgehead atoms. The molecule has 6 heteroatoms. The summed E-state index contributed by atoms with van der Waals surface area (Å²) in [5.41, 5.74) is 0. The van der Waals surface area contributed by atoms with Crippen LogP contribution in [0, 0.1) is 12.7 Å². The highest BCUT2D eigenvalue weighted by Gasteiger charge is 2.13. The van der Waals surface area contributed by atoms with Crippen LogP contribution < -0.4 is 0 Å². The Morgan fingerprint density at radius 2 is 2.06 bits per heavy atom. The maximum Gasteiger partial charge on any atom is 0.145 e. The van der Waals surface area contributed by atoms with Gasteiger partial charge >= 0.3 is 0 Å². The van der Waals surface area contributed by atoms with Crippen molar-refractivity contribution in [2.75, 3.05) is 0 Å². The Morgan fingerprint density at radius 1 is 1.35 bits per heavy atom. The van der Waals surface area contributed by atoms with Crippen LogP contribution in [0.4, 0.5) is 4.39 Å². The Kier molecular flexibility index (Phi) is 3.33. The van der Waals surface area contributed by atoms with Crippen molar-refractivity contribution in [2.24, 2.45) is 7.05 Å². The van der Waals surface area contributed by atoms with Crippen molar-refractivity contribution >= 4 is 10.8 Å². The number of halogens is 1. The molecule has 0 aliphatic rings. The second kappa shape index (κ2) is 4.75. The van der Waals surface area contributed by atoms with E-state index in [0.29, 0.717) is 5.82 Å². The summed E-state index contributed by atoms with van der Waals surface area (Å²) < 4.78 is 27.1. The van der Waals surface area contributed by atoms with Crippen LogP contribution in [0.2, 0.25) is 0 Å². The Hall–Kier alpha value is -1.56. The van der Waals surface area contributed by atoms with Gasteiger partial charge in [-0.2, -0.15) is 0 Å². The van der Waals surface area contributed by atoms with Crippen LogP contribution in [-0.2, 0) is 23.6 Å². The van der Waals surface area contributed by atoms with Gasteiger partial charge in [-0.1, -0.05) is 12.1 Å². The largest absolute Gasteiger partial charge is 0.318 e. The van der Waals surface area contributed by atoms with Crippen molar-refractivity contribution in [2.45, 2.75) is 17.6 Å². The molecule has 4 nitrogen and oxygen atoms in total. The zero-order chi connectivity index (χ0) is 12.4. The van der Waals surface area contributed by atoms with Gasteiger partial charge in [0.1, 0.15) is 17.5 Å². The fraction of sp³-hybridized carbons (Fsp3) is 0.273. The van der Waals surface area contributed by atoms with Crippen LogP contribution in [0.1, 0.15) is 11.6 Å². The maximum absolute atomic E-state index is 13.4. The minimum absolute atomic E-state index is 0.165. The fourth-order valence-electron chi connectivity index (χ4n) is 1.40. The molecule has 0 saturated heterocycles. The molecule has 0 aliphatic heterocycles. The van der Waals surface area contributed by atoms with Crippen molar-refractivity contribution in [3.8, 4) is 0 Å². The van der Waals surface area contributed by atoms with E-state index in [2.05, 4.69) is 10.2 Å². The van der Waals surface area contributed by atoms with E-state index in [4.69, 9.17) is 0 Å². The molecule has 0 saturated carbocycles. The molecule has 1 unspecified atom stereocenters. The highest BCUT2D eigenvalue weighted by atomic mass is 32.2. The first-order valence-electron chi connectivity index (χ1n) is 5.07. The van der Waals surface area contributed by atoms with E-state index in [1.807, 2.05) is 6.92 Å². The first kappa shape index (κ1) is 11.9. The number of hydrogen-bond donors (Lipinski definition) is 0. The number of hydrogen-bond acceptors (Lipinski definition) is 3. The van der Waals surface area contributed by atoms with Gasteiger partial charge in [-0.25, -0.2) is 4.39 Å². The van der Waals surface area contributed by atoms with Gasteiger partial charge < -0.3 is 4.57 Å². The third-order valence-electron chi connectivity index (χ3n) is 2.52. The molecule has 0 radical (unpaired) electrons. The van der Waals surface area contributed by atoms with E-state index in [1.54, 1.807) is 23.7 Å². The van der Waals surface area contributed by atoms with Crippen LogP contribution in [0.15, 0.2) is 29.2 Å². The molecule has 1 aromatic heterocycles. The lowest BCUT2D eigenvalue weighted by molar-refractivity contribution is 0.594. The van der Waals surface area contributed by atoms with Crippen molar-refractivity contribution in [3.05, 3.63) is 41.7 Å². The van der Waals surface area contributed by atoms with E-state index < -0.39 is 16.6 Å². The fourth-order valence-corrected chi connectivity index (χ4v) is 2.56. The minimum Gasteiger partial charge on any atom is -0.318 e. The number of aryl methyl sites for hydroxylation is 1. The Bertz CT molecular complexity index is 568. The number of aromatic nitrogens is 3. The normalized spacial score (nSPS) is 12.6. The molecule has 17 heavy (non-hydrogen) atoms. The van der Waals surface area contributed by atoms with Gasteiger partial charge in [0.2, 0.25) is 0 Å². The third kappa shape index (κ3) is 2.41. The summed E-state index contributed by atoms with van der Waals surface area (Å²) in [6.07, 6.45) is 0. The molecule has 0 aliphatic carbocycles. The molecular weight excluding hydrogens is 241 g/mol. The van der Waals surface area contributed by atoms with E-state index in [1.165, 1.54) is 12.1 Å². The predicted octanol–water partition coefficient (Wildman–Crippen LogP) is 1.57. The van der Waals surface area contributed by atoms with E-state index in [9.17, 15) is 8.60 Å². The number of benzene rings is 1. The lowest BCUT2D eigenvalue weighted by atomic mass is 10.3. The molecule has 1 aromatic carbocycles. The Labute approximate surface area is 101 Å². The van der Waals surface area contributed by atoms with E-state index >= 15 is 0 Å². The zero-order valence-electron chi connectivity index (χ0n) is 9.55. The SMILES string of the molecule is Cc1nnc(CS(=O)c2ccccc2F)n1C. The summed E-state index contributed by atoms with van der Waals surface area (Å²) in [6.45, 7) is 1.81. The summed E-state index contributed by atoms with van der Waals surface area (Å²) in [6, 6.07) is 6.06. The second-order valence-electron chi connectivity index (χ2n) is 3.64. The topological polar surface area (TPSA) is 47.8 Å². The Balaban J connectivity index is 2.23. The van der Waals surface area contributed by atoms with Crippen LogP contribution >= 0.6 is 0 Å². The smallest absolute Gasteiger partial charge is 0.145 e. The molecule has 0 amide bonds. The molecule has 0 spiro atoms. The molecule has 2 aromatic rings. The van der Waals surface area contributed by atoms with Gasteiger partial charge in [-0.15, -0.1) is 10.2 Å². The lowest BCUT2D eigenvalue weighted by Crippen LogP contribution is -2.05. The average molecular weight is 253 g/mol. The van der Waals surface area contributed by atoms with Crippen LogP contribution in [0.5, 0.6) is 0 Å². The highest BCUT2D eigenvalue weighted by molar-refractivity contribution is 7.84. The highest BCUT2D eigenvalue weighted by Crippen LogP contribution is 2.14. The minimum atomic E-state index is -1.44. The van der Waals surface area contributed by atoms with Crippen molar-refractivity contribution < 1.29 is 8.60 Å². The van der Waals surface area contributed by atoms with Gasteiger partial charge in [0, 0.05) is 7.05 Å². The van der Waals surface area contributed by atoms with Crippen LogP contribution in [0.3, 0.4) is 0 Å². The van der Waals surface area contributed by atoms with Gasteiger partial charge in [0.25, 0.3) is 0 Å². The van der Waals surface area contributed by atoms with Gasteiger partial charge in [-0.05, 0) is 19.1 Å². The van der Waals surface area contributed by atoms with Gasteiger partial charge in [0.05, 0.1) is 21.4 Å². The summed E-state index contributed by atoms with van der Waals surface area (Å²) in [4.78, 5) is 0.202. The second-order valence-corrected chi connectivity index (χ2v) is 5.06. The van der Waals surface area contributed by atoms with Crippen molar-refractivity contribution in [1.82, 2.24) is 14.8 Å². The third-order valence-corrected chi connectivity index (χ3v) is 3.87. The summed E-state index contributed by atoms with van der Waals surface area (Å²) in [5.74, 6) is 1.04. The maximum atomic E-state index is 13.4. The first-order chi connectivity index (χ1) is 8.09. The quantitative estimate of drug-likeness (QED) is 0.834. The first-order valence-corrected chi connectivity index (χ1v) is 6.39. The molecule has 1 atom stereocenters. The zero-order valence-corrected chi connectivity index (χ0v) is 10.4. The standard InChI is InChI=1S/C11H12FN3OS/c1-8-13-14-11(15(8)2)7-17(16)10-6-4-3-5-9(10)12/h3-6H,7H2,1-2H3. The predicted molar refractivity (Wildman–Crippen MR) is 62.3 cm³/mol. The van der Waals surface area contributed by atoms with E-state index in [-0.39, 0.29) is 10.6 Å². The Morgan fingerprint density at radius 3 is 2.65 bits per heavy atom. The van der Waals surface area contributed by atoms with Crippen LogP contribution in [-0.4, -0.2) is 19.0 Å².